The number of rotatable bonds is 8. The molecule has 2 aliphatic carbocycles. The minimum absolute atomic E-state index is 0.0230. The molecule has 8 nitrogen and oxygen atoms in total. The summed E-state index contributed by atoms with van der Waals surface area (Å²) in [6.45, 7) is 3.59. The largest absolute Gasteiger partial charge is 0.344 e. The number of likely N-dealkylation sites (N-methyl/N-ethyl adjacent to an activating group) is 1. The van der Waals surface area contributed by atoms with E-state index >= 15 is 0 Å². The lowest BCUT2D eigenvalue weighted by atomic mass is 9.63. The number of benzene rings is 2. The maximum atomic E-state index is 14.3. The third-order valence-corrected chi connectivity index (χ3v) is 11.5. The summed E-state index contributed by atoms with van der Waals surface area (Å²) in [6.07, 6.45) is 9.76. The highest BCUT2D eigenvalue weighted by Gasteiger charge is 2.46. The average Bonchev–Trinajstić information content (AvgIpc) is 3.38. The van der Waals surface area contributed by atoms with Crippen molar-refractivity contribution in [1.29, 1.82) is 0 Å². The molecule has 0 aromatic heterocycles. The Labute approximate surface area is 272 Å². The van der Waals surface area contributed by atoms with Gasteiger partial charge in [0.05, 0.1) is 5.92 Å². The van der Waals surface area contributed by atoms with Crippen LogP contribution in [0.15, 0.2) is 48.5 Å². The Bertz CT molecular complexity index is 1370. The number of nitrogens with one attached hydrogen (secondary N) is 1. The maximum Gasteiger partial charge on any atom is 0.319 e. The highest BCUT2D eigenvalue weighted by atomic mass is 35.5. The first-order chi connectivity index (χ1) is 21.7. The van der Waals surface area contributed by atoms with Crippen molar-refractivity contribution in [3.63, 3.8) is 0 Å². The molecule has 2 unspecified atom stereocenters. The number of urea groups is 1. The molecular formula is C36H48ClN5O3. The molecule has 45 heavy (non-hydrogen) atoms. The van der Waals surface area contributed by atoms with E-state index in [9.17, 15) is 14.4 Å². The molecular weight excluding hydrogens is 586 g/mol. The topological polar surface area (TPSA) is 99.0 Å². The van der Waals surface area contributed by atoms with E-state index in [1.807, 2.05) is 64.2 Å². The fourth-order valence-electron chi connectivity index (χ4n) is 8.46. The van der Waals surface area contributed by atoms with E-state index in [1.165, 1.54) is 37.7 Å². The highest BCUT2D eigenvalue weighted by Crippen LogP contribution is 2.47. The summed E-state index contributed by atoms with van der Waals surface area (Å²) in [5.41, 5.74) is 9.82. The van der Waals surface area contributed by atoms with E-state index in [-0.39, 0.29) is 23.3 Å². The van der Waals surface area contributed by atoms with E-state index < -0.39 is 18.0 Å². The first-order valence-corrected chi connectivity index (χ1v) is 17.3. The molecule has 0 bridgehead atoms. The van der Waals surface area contributed by atoms with Crippen molar-refractivity contribution in [2.45, 2.75) is 76.3 Å². The molecule has 2 aromatic carbocycles. The number of nitrogens with zero attached hydrogens (tertiary/aromatic N) is 3. The average molecular weight is 634 g/mol. The predicted molar refractivity (Wildman–Crippen MR) is 177 cm³/mol. The van der Waals surface area contributed by atoms with E-state index in [0.717, 1.165) is 50.0 Å². The second kappa shape index (κ2) is 13.7. The number of carbonyl (C=O) groups is 3. The summed E-state index contributed by atoms with van der Waals surface area (Å²) >= 11 is 6.16. The predicted octanol–water partition coefficient (Wildman–Crippen LogP) is 5.19. The van der Waals surface area contributed by atoms with Crippen LogP contribution in [0.2, 0.25) is 5.02 Å². The molecule has 9 heteroatoms. The Morgan fingerprint density at radius 2 is 1.69 bits per heavy atom. The van der Waals surface area contributed by atoms with Gasteiger partial charge in [-0.2, -0.15) is 0 Å². The number of hydrogen-bond donors (Lipinski definition) is 2. The zero-order valence-electron chi connectivity index (χ0n) is 26.6. The number of fused-ring (bicyclic) bond motifs is 1. The standard InChI is InChI=1S/C36H48ClN5O3/c1-40-21-22-42(35(40)45)24-36(27-8-3-2-4-9-27)17-19-41(20-18-36)34(44)31(23-25-11-14-28(37)15-12-25)39-33(43)30-16-13-26-7-5-6-10-29(26)32(30)38/h5-7,10-12,14-15,27,30-32H,2-4,8-9,13,16-24,38H2,1H3,(H,39,43)/t30?,31-,32?/m1/s1. The van der Waals surface area contributed by atoms with Gasteiger partial charge in [-0.15, -0.1) is 0 Å². The molecule has 1 saturated carbocycles. The van der Waals surface area contributed by atoms with Crippen LogP contribution >= 0.6 is 11.6 Å². The molecule has 3 fully saturated rings. The van der Waals surface area contributed by atoms with Crippen LogP contribution in [0.3, 0.4) is 0 Å². The van der Waals surface area contributed by atoms with Gasteiger partial charge in [0, 0.05) is 57.3 Å². The number of nitrogens with two attached hydrogens (primary N) is 1. The third-order valence-electron chi connectivity index (χ3n) is 11.2. The van der Waals surface area contributed by atoms with Crippen molar-refractivity contribution in [1.82, 2.24) is 20.0 Å². The van der Waals surface area contributed by atoms with Gasteiger partial charge in [0.1, 0.15) is 6.04 Å². The first kappa shape index (κ1) is 31.9. The lowest BCUT2D eigenvalue weighted by Gasteiger charge is -2.50. The molecule has 242 valence electrons. The van der Waals surface area contributed by atoms with Gasteiger partial charge in [0.25, 0.3) is 0 Å². The number of aryl methyl sites for hydroxylation is 1. The molecule has 6 rings (SSSR count). The fourth-order valence-corrected chi connectivity index (χ4v) is 8.58. The zero-order valence-corrected chi connectivity index (χ0v) is 27.3. The van der Waals surface area contributed by atoms with Gasteiger partial charge in [-0.1, -0.05) is 67.3 Å². The van der Waals surface area contributed by atoms with E-state index in [0.29, 0.717) is 36.9 Å². The molecule has 0 spiro atoms. The second-order valence-electron chi connectivity index (χ2n) is 13.9. The number of hydrogen-bond acceptors (Lipinski definition) is 4. The van der Waals surface area contributed by atoms with Crippen molar-refractivity contribution in [2.24, 2.45) is 23.0 Å². The minimum Gasteiger partial charge on any atom is -0.344 e. The van der Waals surface area contributed by atoms with Crippen molar-refractivity contribution < 1.29 is 14.4 Å². The van der Waals surface area contributed by atoms with Crippen LogP contribution in [0.5, 0.6) is 0 Å². The maximum absolute atomic E-state index is 14.3. The summed E-state index contributed by atoms with van der Waals surface area (Å²) in [4.78, 5) is 46.8. The third kappa shape index (κ3) is 6.87. The Morgan fingerprint density at radius 3 is 2.38 bits per heavy atom. The van der Waals surface area contributed by atoms with Gasteiger partial charge < -0.3 is 25.8 Å². The highest BCUT2D eigenvalue weighted by molar-refractivity contribution is 6.30. The Balaban J connectivity index is 1.18. The summed E-state index contributed by atoms with van der Waals surface area (Å²) in [6, 6.07) is 14.6. The van der Waals surface area contributed by atoms with Gasteiger partial charge in [-0.25, -0.2) is 4.79 Å². The van der Waals surface area contributed by atoms with Crippen molar-refractivity contribution in [3.8, 4) is 0 Å². The van der Waals surface area contributed by atoms with Gasteiger partial charge in [0.2, 0.25) is 11.8 Å². The summed E-state index contributed by atoms with van der Waals surface area (Å²) in [5.74, 6) is -0.0221. The fraction of sp³-hybridized carbons (Fsp3) is 0.583. The van der Waals surface area contributed by atoms with E-state index in [2.05, 4.69) is 11.4 Å². The molecule has 2 aromatic rings. The number of amides is 4. The first-order valence-electron chi connectivity index (χ1n) is 16.9. The Hall–Kier alpha value is -3.10. The molecule has 4 aliphatic rings. The van der Waals surface area contributed by atoms with Crippen molar-refractivity contribution in [2.75, 3.05) is 39.8 Å². The van der Waals surface area contributed by atoms with Crippen LogP contribution in [-0.4, -0.2) is 78.4 Å². The van der Waals surface area contributed by atoms with Gasteiger partial charge in [-0.05, 0) is 78.7 Å². The van der Waals surface area contributed by atoms with Gasteiger partial charge >= 0.3 is 6.03 Å². The molecule has 0 radical (unpaired) electrons. The number of likely N-dealkylation sites (tertiary alicyclic amines) is 1. The van der Waals surface area contributed by atoms with E-state index in [4.69, 9.17) is 17.3 Å². The van der Waals surface area contributed by atoms with Crippen LogP contribution in [0.4, 0.5) is 4.79 Å². The minimum atomic E-state index is -0.695. The van der Waals surface area contributed by atoms with Crippen LogP contribution in [0.25, 0.3) is 0 Å². The quantitative estimate of drug-likeness (QED) is 0.418. The van der Waals surface area contributed by atoms with Gasteiger partial charge in [0.15, 0.2) is 0 Å². The number of carbonyl (C=O) groups excluding carboxylic acids is 3. The van der Waals surface area contributed by atoms with Crippen LogP contribution in [0.1, 0.15) is 74.1 Å². The summed E-state index contributed by atoms with van der Waals surface area (Å²) < 4.78 is 0. The zero-order chi connectivity index (χ0) is 31.6. The van der Waals surface area contributed by atoms with Crippen LogP contribution in [0, 0.1) is 17.3 Å². The Morgan fingerprint density at radius 1 is 0.978 bits per heavy atom. The molecule has 3 N–H and O–H groups in total. The molecule has 2 saturated heterocycles. The number of piperidine rings is 1. The lowest BCUT2D eigenvalue weighted by Crippen LogP contribution is -2.57. The molecule has 2 heterocycles. The van der Waals surface area contributed by atoms with Crippen molar-refractivity contribution >= 4 is 29.4 Å². The SMILES string of the molecule is CN1CCN(CC2(C3CCCCC3)CCN(C(=O)[C@@H](Cc3ccc(Cl)cc3)NC(=O)C3CCc4ccccc4C3N)CC2)C1=O. The monoisotopic (exact) mass is 633 g/mol. The number of halogens is 1. The van der Waals surface area contributed by atoms with E-state index in [1.54, 1.807) is 0 Å². The smallest absolute Gasteiger partial charge is 0.319 e. The van der Waals surface area contributed by atoms with Crippen LogP contribution < -0.4 is 11.1 Å². The van der Waals surface area contributed by atoms with Crippen LogP contribution in [-0.2, 0) is 22.4 Å². The normalized spacial score (nSPS) is 24.3. The molecule has 4 amide bonds. The molecule has 2 aliphatic heterocycles. The Kier molecular flexibility index (Phi) is 9.71. The summed E-state index contributed by atoms with van der Waals surface area (Å²) in [5, 5.41) is 3.79. The summed E-state index contributed by atoms with van der Waals surface area (Å²) in [7, 11) is 1.88. The lowest BCUT2D eigenvalue weighted by molar-refractivity contribution is -0.140. The van der Waals surface area contributed by atoms with Crippen molar-refractivity contribution in [3.05, 3.63) is 70.2 Å². The second-order valence-corrected chi connectivity index (χ2v) is 14.3. The van der Waals surface area contributed by atoms with Gasteiger partial charge in [-0.3, -0.25) is 9.59 Å². The molecule has 3 atom stereocenters.